The van der Waals surface area contributed by atoms with Gasteiger partial charge >= 0.3 is 0 Å². The van der Waals surface area contributed by atoms with Crippen LogP contribution in [0.1, 0.15) is 69.2 Å². The zero-order valence-corrected chi connectivity index (χ0v) is 12.8. The van der Waals surface area contributed by atoms with E-state index in [1.807, 2.05) is 0 Å². The molecule has 19 heavy (non-hydrogen) atoms. The van der Waals surface area contributed by atoms with Gasteiger partial charge in [0.1, 0.15) is 0 Å². The number of benzene rings is 1. The maximum Gasteiger partial charge on any atom is 0.0322 e. The van der Waals surface area contributed by atoms with E-state index in [2.05, 4.69) is 44.3 Å². The van der Waals surface area contributed by atoms with Gasteiger partial charge < -0.3 is 5.32 Å². The van der Waals surface area contributed by atoms with E-state index in [0.717, 1.165) is 12.5 Å². The minimum absolute atomic E-state index is 0.534. The van der Waals surface area contributed by atoms with Gasteiger partial charge in [0, 0.05) is 6.04 Å². The normalized spacial score (nSPS) is 17.8. The lowest BCUT2D eigenvalue weighted by Gasteiger charge is -2.24. The molecule has 1 aliphatic rings. The van der Waals surface area contributed by atoms with Crippen molar-refractivity contribution in [3.05, 3.63) is 34.9 Å². The Hall–Kier alpha value is -0.820. The fourth-order valence-electron chi connectivity index (χ4n) is 3.12. The fraction of sp³-hybridized carbons (Fsp3) is 0.667. The Morgan fingerprint density at radius 3 is 2.53 bits per heavy atom. The molecule has 1 aromatic rings. The van der Waals surface area contributed by atoms with E-state index in [4.69, 9.17) is 0 Å². The molecule has 0 saturated carbocycles. The van der Waals surface area contributed by atoms with Gasteiger partial charge in [-0.05, 0) is 61.3 Å². The Morgan fingerprint density at radius 1 is 1.11 bits per heavy atom. The highest BCUT2D eigenvalue weighted by Gasteiger charge is 2.16. The molecule has 0 fully saturated rings. The van der Waals surface area contributed by atoms with Crippen LogP contribution in [-0.2, 0) is 12.8 Å². The van der Waals surface area contributed by atoms with E-state index < -0.39 is 0 Å². The molecule has 0 radical (unpaired) electrons. The highest BCUT2D eigenvalue weighted by Crippen LogP contribution is 2.28. The van der Waals surface area contributed by atoms with Gasteiger partial charge in [-0.1, -0.05) is 45.4 Å². The summed E-state index contributed by atoms with van der Waals surface area (Å²) < 4.78 is 0. The Bertz CT molecular complexity index is 397. The Labute approximate surface area is 118 Å². The van der Waals surface area contributed by atoms with Crippen molar-refractivity contribution in [3.8, 4) is 0 Å². The van der Waals surface area contributed by atoms with Gasteiger partial charge in [0.05, 0.1) is 0 Å². The van der Waals surface area contributed by atoms with Gasteiger partial charge in [0.2, 0.25) is 0 Å². The molecule has 0 aromatic heterocycles. The van der Waals surface area contributed by atoms with Crippen LogP contribution < -0.4 is 5.32 Å². The standard InChI is InChI=1S/C18H29N/c1-4-14(3)12-18(19-5-2)17-11-10-15-8-6-7-9-16(15)13-17/h10-11,13-14,18-19H,4-9,12H2,1-3H3. The van der Waals surface area contributed by atoms with Crippen molar-refractivity contribution in [1.82, 2.24) is 5.32 Å². The van der Waals surface area contributed by atoms with Crippen LogP contribution in [0.5, 0.6) is 0 Å². The predicted molar refractivity (Wildman–Crippen MR) is 83.6 cm³/mol. The van der Waals surface area contributed by atoms with Crippen LogP contribution >= 0.6 is 0 Å². The third kappa shape index (κ3) is 3.82. The van der Waals surface area contributed by atoms with E-state index in [1.54, 1.807) is 11.1 Å². The minimum Gasteiger partial charge on any atom is -0.310 e. The molecule has 0 bridgehead atoms. The SMILES string of the molecule is CCNC(CC(C)CC)c1ccc2c(c1)CCCC2. The van der Waals surface area contributed by atoms with Crippen molar-refractivity contribution in [2.75, 3.05) is 6.54 Å². The molecule has 0 amide bonds. The van der Waals surface area contributed by atoms with Crippen LogP contribution in [0.4, 0.5) is 0 Å². The van der Waals surface area contributed by atoms with Gasteiger partial charge in [0.15, 0.2) is 0 Å². The Morgan fingerprint density at radius 2 is 1.84 bits per heavy atom. The van der Waals surface area contributed by atoms with E-state index in [0.29, 0.717) is 6.04 Å². The maximum absolute atomic E-state index is 3.67. The number of hydrogen-bond acceptors (Lipinski definition) is 1. The number of aryl methyl sites for hydroxylation is 2. The third-order valence-electron chi connectivity index (χ3n) is 4.56. The molecule has 0 heterocycles. The maximum atomic E-state index is 3.67. The first kappa shape index (κ1) is 14.6. The summed E-state index contributed by atoms with van der Waals surface area (Å²) in [6.07, 6.45) is 7.83. The molecule has 0 spiro atoms. The van der Waals surface area contributed by atoms with Crippen molar-refractivity contribution in [3.63, 3.8) is 0 Å². The van der Waals surface area contributed by atoms with Gasteiger partial charge in [-0.2, -0.15) is 0 Å². The second-order valence-corrected chi connectivity index (χ2v) is 6.09. The van der Waals surface area contributed by atoms with Crippen molar-refractivity contribution in [2.45, 2.75) is 65.3 Å². The number of fused-ring (bicyclic) bond motifs is 1. The van der Waals surface area contributed by atoms with E-state index in [-0.39, 0.29) is 0 Å². The van der Waals surface area contributed by atoms with Crippen LogP contribution in [0.2, 0.25) is 0 Å². The molecule has 2 rings (SSSR count). The lowest BCUT2D eigenvalue weighted by Crippen LogP contribution is -2.23. The zero-order chi connectivity index (χ0) is 13.7. The summed E-state index contributed by atoms with van der Waals surface area (Å²) in [5.41, 5.74) is 4.70. The Balaban J connectivity index is 2.16. The molecular weight excluding hydrogens is 230 g/mol. The number of hydrogen-bond donors (Lipinski definition) is 1. The average Bonchev–Trinajstić information content (AvgIpc) is 2.46. The summed E-state index contributed by atoms with van der Waals surface area (Å²) in [6, 6.07) is 7.75. The van der Waals surface area contributed by atoms with Gasteiger partial charge in [-0.15, -0.1) is 0 Å². The van der Waals surface area contributed by atoms with Crippen molar-refractivity contribution >= 4 is 0 Å². The molecule has 1 N–H and O–H groups in total. The van der Waals surface area contributed by atoms with Crippen LogP contribution in [0.3, 0.4) is 0 Å². The fourth-order valence-corrected chi connectivity index (χ4v) is 3.12. The van der Waals surface area contributed by atoms with Gasteiger partial charge in [-0.3, -0.25) is 0 Å². The van der Waals surface area contributed by atoms with Crippen LogP contribution in [-0.4, -0.2) is 6.54 Å². The molecule has 1 heteroatoms. The highest BCUT2D eigenvalue weighted by atomic mass is 14.9. The van der Waals surface area contributed by atoms with Crippen LogP contribution in [0.25, 0.3) is 0 Å². The lowest BCUT2D eigenvalue weighted by atomic mass is 9.87. The summed E-state index contributed by atoms with van der Waals surface area (Å²) in [5, 5.41) is 3.67. The van der Waals surface area contributed by atoms with Gasteiger partial charge in [0.25, 0.3) is 0 Å². The zero-order valence-electron chi connectivity index (χ0n) is 12.8. The summed E-state index contributed by atoms with van der Waals surface area (Å²) in [6.45, 7) is 7.92. The van der Waals surface area contributed by atoms with Crippen LogP contribution in [0, 0.1) is 5.92 Å². The predicted octanol–water partition coefficient (Wildman–Crippen LogP) is 4.65. The molecule has 106 valence electrons. The molecule has 0 saturated heterocycles. The largest absolute Gasteiger partial charge is 0.310 e. The second-order valence-electron chi connectivity index (χ2n) is 6.09. The first-order chi connectivity index (χ1) is 9.24. The molecule has 2 atom stereocenters. The molecule has 1 aliphatic carbocycles. The smallest absolute Gasteiger partial charge is 0.0322 e. The lowest BCUT2D eigenvalue weighted by molar-refractivity contribution is 0.408. The monoisotopic (exact) mass is 259 g/mol. The minimum atomic E-state index is 0.534. The first-order valence-electron chi connectivity index (χ1n) is 8.09. The van der Waals surface area contributed by atoms with Crippen molar-refractivity contribution in [1.29, 1.82) is 0 Å². The van der Waals surface area contributed by atoms with E-state index in [9.17, 15) is 0 Å². The highest BCUT2D eigenvalue weighted by molar-refractivity contribution is 5.35. The second kappa shape index (κ2) is 7.09. The summed E-state index contributed by atoms with van der Waals surface area (Å²) >= 11 is 0. The topological polar surface area (TPSA) is 12.0 Å². The Kier molecular flexibility index (Phi) is 5.45. The summed E-state index contributed by atoms with van der Waals surface area (Å²) in [7, 11) is 0. The van der Waals surface area contributed by atoms with E-state index in [1.165, 1.54) is 44.1 Å². The van der Waals surface area contributed by atoms with Crippen molar-refractivity contribution in [2.24, 2.45) is 5.92 Å². The quantitative estimate of drug-likeness (QED) is 0.784. The molecule has 2 unspecified atom stereocenters. The molecular formula is C18H29N. The number of rotatable bonds is 6. The average molecular weight is 259 g/mol. The van der Waals surface area contributed by atoms with Gasteiger partial charge in [-0.25, -0.2) is 0 Å². The molecule has 1 aromatic carbocycles. The third-order valence-corrected chi connectivity index (χ3v) is 4.56. The molecule has 0 aliphatic heterocycles. The summed E-state index contributed by atoms with van der Waals surface area (Å²) in [4.78, 5) is 0. The van der Waals surface area contributed by atoms with Crippen molar-refractivity contribution < 1.29 is 0 Å². The van der Waals surface area contributed by atoms with Crippen LogP contribution in [0.15, 0.2) is 18.2 Å². The summed E-state index contributed by atoms with van der Waals surface area (Å²) in [5.74, 6) is 0.792. The number of nitrogens with one attached hydrogen (secondary N) is 1. The van der Waals surface area contributed by atoms with E-state index >= 15 is 0 Å². The first-order valence-corrected chi connectivity index (χ1v) is 8.09. The molecule has 1 nitrogen and oxygen atoms in total.